The molecule has 0 bridgehead atoms. The number of aromatic nitrogens is 1. The lowest BCUT2D eigenvalue weighted by Gasteiger charge is -2.29. The zero-order valence-electron chi connectivity index (χ0n) is 12.1. The molecule has 0 fully saturated rings. The van der Waals surface area contributed by atoms with Crippen LogP contribution in [0.15, 0.2) is 5.38 Å². The Bertz CT molecular complexity index is 406. The molecule has 1 atom stereocenters. The normalized spacial score (nSPS) is 12.7. The van der Waals surface area contributed by atoms with Crippen molar-refractivity contribution in [1.29, 1.82) is 0 Å². The molecular weight excluding hydrogens is 262 g/mol. The Morgan fingerprint density at radius 1 is 1.53 bits per heavy atom. The molecule has 5 nitrogen and oxygen atoms in total. The molecule has 0 spiro atoms. The minimum absolute atomic E-state index is 0.141. The molecule has 108 valence electrons. The second-order valence-electron chi connectivity index (χ2n) is 4.91. The van der Waals surface area contributed by atoms with Gasteiger partial charge in [-0.2, -0.15) is 0 Å². The lowest BCUT2D eigenvalue weighted by molar-refractivity contribution is -0.136. The van der Waals surface area contributed by atoms with E-state index in [-0.39, 0.29) is 6.42 Å². The Morgan fingerprint density at radius 3 is 2.74 bits per heavy atom. The van der Waals surface area contributed by atoms with Gasteiger partial charge in [0.05, 0.1) is 12.1 Å². The van der Waals surface area contributed by atoms with Crippen LogP contribution >= 0.6 is 11.3 Å². The highest BCUT2D eigenvalue weighted by atomic mass is 32.1. The van der Waals surface area contributed by atoms with Crippen molar-refractivity contribution < 1.29 is 9.90 Å². The van der Waals surface area contributed by atoms with E-state index in [0.29, 0.717) is 12.5 Å². The number of rotatable bonds is 8. The fraction of sp³-hybridized carbons (Fsp3) is 0.692. The van der Waals surface area contributed by atoms with Gasteiger partial charge in [0.1, 0.15) is 0 Å². The Labute approximate surface area is 118 Å². The lowest BCUT2D eigenvalue weighted by atomic mass is 10.2. The van der Waals surface area contributed by atoms with Crippen molar-refractivity contribution in [3.63, 3.8) is 0 Å². The quantitative estimate of drug-likeness (QED) is 0.791. The molecular formula is C13H23N3O2S. The number of thiazole rings is 1. The molecule has 0 saturated heterocycles. The average Bonchev–Trinajstić information content (AvgIpc) is 2.75. The number of aryl methyl sites for hydroxylation is 1. The van der Waals surface area contributed by atoms with Gasteiger partial charge in [-0.05, 0) is 27.9 Å². The first kappa shape index (κ1) is 15.9. The number of hydrogen-bond donors (Lipinski definition) is 1. The van der Waals surface area contributed by atoms with Crippen molar-refractivity contribution in [2.75, 3.05) is 32.1 Å². The SMILES string of the molecule is CCN(c1nc(CCC(=O)O)cs1)C(C)CN(C)C. The van der Waals surface area contributed by atoms with Crippen LogP contribution in [0.5, 0.6) is 0 Å². The monoisotopic (exact) mass is 285 g/mol. The molecule has 0 aliphatic carbocycles. The molecule has 1 rings (SSSR count). The van der Waals surface area contributed by atoms with Crippen LogP contribution in [-0.4, -0.2) is 54.2 Å². The summed E-state index contributed by atoms with van der Waals surface area (Å²) in [7, 11) is 4.12. The van der Waals surface area contributed by atoms with E-state index in [1.807, 2.05) is 5.38 Å². The maximum Gasteiger partial charge on any atom is 0.303 e. The number of nitrogens with zero attached hydrogens (tertiary/aromatic N) is 3. The summed E-state index contributed by atoms with van der Waals surface area (Å²) in [6.07, 6.45) is 0.647. The van der Waals surface area contributed by atoms with E-state index in [1.165, 1.54) is 0 Å². The second kappa shape index (κ2) is 7.45. The van der Waals surface area contributed by atoms with Crippen LogP contribution in [0.25, 0.3) is 0 Å². The number of likely N-dealkylation sites (N-methyl/N-ethyl adjacent to an activating group) is 2. The van der Waals surface area contributed by atoms with E-state index in [4.69, 9.17) is 5.11 Å². The van der Waals surface area contributed by atoms with Gasteiger partial charge in [-0.3, -0.25) is 4.79 Å². The van der Waals surface area contributed by atoms with Gasteiger partial charge in [-0.25, -0.2) is 4.98 Å². The van der Waals surface area contributed by atoms with Crippen molar-refractivity contribution in [2.24, 2.45) is 0 Å². The van der Waals surface area contributed by atoms with Crippen LogP contribution in [0.2, 0.25) is 0 Å². The summed E-state index contributed by atoms with van der Waals surface area (Å²) < 4.78 is 0. The summed E-state index contributed by atoms with van der Waals surface area (Å²) in [6.45, 7) is 6.17. The van der Waals surface area contributed by atoms with Gasteiger partial charge in [0.2, 0.25) is 0 Å². The fourth-order valence-corrected chi connectivity index (χ4v) is 3.07. The van der Waals surface area contributed by atoms with E-state index in [2.05, 4.69) is 42.7 Å². The Hall–Kier alpha value is -1.14. The molecule has 1 heterocycles. The molecule has 0 amide bonds. The van der Waals surface area contributed by atoms with Crippen LogP contribution < -0.4 is 4.90 Å². The van der Waals surface area contributed by atoms with E-state index in [1.54, 1.807) is 11.3 Å². The molecule has 0 aromatic carbocycles. The highest BCUT2D eigenvalue weighted by Crippen LogP contribution is 2.23. The number of carboxylic acids is 1. The summed E-state index contributed by atoms with van der Waals surface area (Å²) >= 11 is 1.59. The van der Waals surface area contributed by atoms with Gasteiger partial charge in [0, 0.05) is 30.9 Å². The molecule has 19 heavy (non-hydrogen) atoms. The number of carboxylic acid groups (broad SMARTS) is 1. The minimum atomic E-state index is -0.775. The van der Waals surface area contributed by atoms with E-state index in [0.717, 1.165) is 23.9 Å². The third-order valence-corrected chi connectivity index (χ3v) is 3.81. The first-order chi connectivity index (χ1) is 8.93. The molecule has 0 saturated carbocycles. The molecule has 0 aliphatic rings. The smallest absolute Gasteiger partial charge is 0.303 e. The minimum Gasteiger partial charge on any atom is -0.481 e. The highest BCUT2D eigenvalue weighted by molar-refractivity contribution is 7.13. The maximum absolute atomic E-state index is 10.6. The molecule has 1 unspecified atom stereocenters. The lowest BCUT2D eigenvalue weighted by Crippen LogP contribution is -2.40. The summed E-state index contributed by atoms with van der Waals surface area (Å²) in [5.41, 5.74) is 0.873. The van der Waals surface area contributed by atoms with Crippen molar-refractivity contribution in [3.05, 3.63) is 11.1 Å². The molecule has 0 radical (unpaired) electrons. The van der Waals surface area contributed by atoms with Gasteiger partial charge in [-0.15, -0.1) is 11.3 Å². The summed E-state index contributed by atoms with van der Waals surface area (Å²) in [4.78, 5) is 19.5. The zero-order valence-corrected chi connectivity index (χ0v) is 12.9. The van der Waals surface area contributed by atoms with Gasteiger partial charge in [-0.1, -0.05) is 0 Å². The first-order valence-corrected chi connectivity index (χ1v) is 7.39. The number of anilines is 1. The van der Waals surface area contributed by atoms with E-state index < -0.39 is 5.97 Å². The molecule has 6 heteroatoms. The number of hydrogen-bond acceptors (Lipinski definition) is 5. The van der Waals surface area contributed by atoms with Gasteiger partial charge >= 0.3 is 5.97 Å². The van der Waals surface area contributed by atoms with Crippen LogP contribution in [0.3, 0.4) is 0 Å². The van der Waals surface area contributed by atoms with Crippen molar-refractivity contribution in [2.45, 2.75) is 32.7 Å². The fourth-order valence-electron chi connectivity index (χ4n) is 2.04. The van der Waals surface area contributed by atoms with Gasteiger partial charge in [0.15, 0.2) is 5.13 Å². The van der Waals surface area contributed by atoms with Crippen molar-refractivity contribution in [3.8, 4) is 0 Å². The third kappa shape index (κ3) is 5.16. The predicted octanol–water partition coefficient (Wildman–Crippen LogP) is 1.94. The molecule has 1 aromatic heterocycles. The largest absolute Gasteiger partial charge is 0.481 e. The average molecular weight is 285 g/mol. The van der Waals surface area contributed by atoms with Crippen molar-refractivity contribution >= 4 is 22.4 Å². The second-order valence-corrected chi connectivity index (χ2v) is 5.75. The van der Waals surface area contributed by atoms with Crippen LogP contribution in [-0.2, 0) is 11.2 Å². The van der Waals surface area contributed by atoms with E-state index >= 15 is 0 Å². The number of aliphatic carboxylic acids is 1. The maximum atomic E-state index is 10.6. The Balaban J connectivity index is 2.68. The molecule has 1 aromatic rings. The van der Waals surface area contributed by atoms with E-state index in [9.17, 15) is 4.79 Å². The zero-order chi connectivity index (χ0) is 14.4. The van der Waals surface area contributed by atoms with Crippen LogP contribution in [0.1, 0.15) is 26.0 Å². The summed E-state index contributed by atoms with van der Waals surface area (Å²) in [5, 5.41) is 11.6. The Kier molecular flexibility index (Phi) is 6.24. The van der Waals surface area contributed by atoms with Gasteiger partial charge in [0.25, 0.3) is 0 Å². The van der Waals surface area contributed by atoms with Crippen molar-refractivity contribution in [1.82, 2.24) is 9.88 Å². The third-order valence-electron chi connectivity index (χ3n) is 2.88. The highest BCUT2D eigenvalue weighted by Gasteiger charge is 2.17. The standard InChI is InChI=1S/C13H23N3O2S/c1-5-16(10(2)8-15(3)4)13-14-11(9-19-13)6-7-12(17)18/h9-10H,5-8H2,1-4H3,(H,17,18). The molecule has 0 aliphatic heterocycles. The Morgan fingerprint density at radius 2 is 2.21 bits per heavy atom. The van der Waals surface area contributed by atoms with Gasteiger partial charge < -0.3 is 14.9 Å². The first-order valence-electron chi connectivity index (χ1n) is 6.51. The molecule has 1 N–H and O–H groups in total. The van der Waals surface area contributed by atoms with Crippen LogP contribution in [0, 0.1) is 0 Å². The number of carbonyl (C=O) groups is 1. The van der Waals surface area contributed by atoms with Crippen LogP contribution in [0.4, 0.5) is 5.13 Å². The summed E-state index contributed by atoms with van der Waals surface area (Å²) in [6, 6.07) is 0.387. The predicted molar refractivity (Wildman–Crippen MR) is 79.1 cm³/mol. The topological polar surface area (TPSA) is 56.7 Å². The summed E-state index contributed by atoms with van der Waals surface area (Å²) in [5.74, 6) is -0.775.